The lowest BCUT2D eigenvalue weighted by molar-refractivity contribution is -0.146. The van der Waals surface area contributed by atoms with Crippen molar-refractivity contribution in [3.05, 3.63) is 35.8 Å². The molecule has 2 heterocycles. The summed E-state index contributed by atoms with van der Waals surface area (Å²) in [6, 6.07) is 4.61. The van der Waals surface area contributed by atoms with Crippen LogP contribution in [0.3, 0.4) is 0 Å². The molecular weight excluding hydrogens is 267 g/mol. The maximum atomic E-state index is 13.7. The quantitative estimate of drug-likeness (QED) is 0.933. The third kappa shape index (κ3) is 1.60. The Morgan fingerprint density at radius 1 is 1.50 bits per heavy atom. The Balaban J connectivity index is 2.22. The van der Waals surface area contributed by atoms with Crippen LogP contribution in [0.2, 0.25) is 0 Å². The van der Waals surface area contributed by atoms with Crippen LogP contribution in [0.4, 0.5) is 9.18 Å². The Kier molecular flexibility index (Phi) is 2.72. The van der Waals surface area contributed by atoms with Crippen LogP contribution in [0.1, 0.15) is 18.2 Å². The topological polar surface area (TPSA) is 71.8 Å². The predicted molar refractivity (Wildman–Crippen MR) is 66.5 cm³/mol. The maximum absolute atomic E-state index is 13.7. The van der Waals surface area contributed by atoms with E-state index in [1.165, 1.54) is 29.9 Å². The predicted octanol–water partition coefficient (Wildman–Crippen LogP) is 2.14. The van der Waals surface area contributed by atoms with Crippen LogP contribution in [0.25, 0.3) is 10.9 Å². The highest BCUT2D eigenvalue weighted by molar-refractivity contribution is 5.95. The summed E-state index contributed by atoms with van der Waals surface area (Å²) in [5.41, 5.74) is 0.819. The summed E-state index contributed by atoms with van der Waals surface area (Å²) in [7, 11) is 1.29. The molecule has 3 rings (SSSR count). The second-order valence-corrected chi connectivity index (χ2v) is 4.48. The van der Waals surface area contributed by atoms with Crippen molar-refractivity contribution >= 4 is 22.9 Å². The van der Waals surface area contributed by atoms with Gasteiger partial charge in [-0.3, -0.25) is 14.2 Å². The van der Waals surface area contributed by atoms with E-state index in [-0.39, 0.29) is 6.42 Å². The molecule has 6 nitrogen and oxygen atoms in total. The van der Waals surface area contributed by atoms with Gasteiger partial charge in [-0.2, -0.15) is 5.06 Å². The van der Waals surface area contributed by atoms with E-state index in [9.17, 15) is 14.0 Å². The number of carboxylic acid groups (broad SMARTS) is 1. The number of fused-ring (bicyclic) bond motifs is 3. The zero-order valence-corrected chi connectivity index (χ0v) is 10.5. The summed E-state index contributed by atoms with van der Waals surface area (Å²) in [6.07, 6.45) is -0.308. The number of carbonyl (C=O) groups is 2. The Morgan fingerprint density at radius 3 is 2.90 bits per heavy atom. The van der Waals surface area contributed by atoms with Crippen molar-refractivity contribution < 1.29 is 23.9 Å². The zero-order valence-electron chi connectivity index (χ0n) is 10.5. The van der Waals surface area contributed by atoms with Gasteiger partial charge in [0.05, 0.1) is 24.7 Å². The van der Waals surface area contributed by atoms with Gasteiger partial charge in [0.15, 0.2) is 0 Å². The molecule has 0 radical (unpaired) electrons. The van der Waals surface area contributed by atoms with Crippen LogP contribution < -0.4 is 0 Å². The number of nitrogens with zero attached hydrogens (tertiary/aromatic N) is 2. The highest BCUT2D eigenvalue weighted by atomic mass is 19.1. The van der Waals surface area contributed by atoms with Crippen molar-refractivity contribution in [2.75, 3.05) is 7.11 Å². The number of carboxylic acids is 1. The van der Waals surface area contributed by atoms with Crippen molar-refractivity contribution in [1.29, 1.82) is 0 Å². The van der Waals surface area contributed by atoms with Crippen LogP contribution in [0.5, 0.6) is 0 Å². The molecule has 1 atom stereocenters. The molecule has 1 aliphatic rings. The molecule has 0 aliphatic carbocycles. The number of rotatable bonds is 3. The van der Waals surface area contributed by atoms with E-state index < -0.39 is 23.9 Å². The van der Waals surface area contributed by atoms with Crippen molar-refractivity contribution in [1.82, 2.24) is 9.63 Å². The number of aromatic nitrogens is 1. The summed E-state index contributed by atoms with van der Waals surface area (Å²) in [5.74, 6) is -1.51. The fourth-order valence-electron chi connectivity index (χ4n) is 2.58. The van der Waals surface area contributed by atoms with Crippen LogP contribution >= 0.6 is 0 Å². The Hall–Kier alpha value is -2.41. The van der Waals surface area contributed by atoms with E-state index in [2.05, 4.69) is 0 Å². The van der Waals surface area contributed by atoms with Gasteiger partial charge in [0.1, 0.15) is 11.9 Å². The molecule has 0 spiro atoms. The summed E-state index contributed by atoms with van der Waals surface area (Å²) in [6.45, 7) is 0. The number of hydroxylamine groups is 2. The number of benzene rings is 1. The summed E-state index contributed by atoms with van der Waals surface area (Å²) < 4.78 is 15.0. The van der Waals surface area contributed by atoms with Gasteiger partial charge in [-0.25, -0.2) is 9.18 Å². The largest absolute Gasteiger partial charge is 0.481 e. The Morgan fingerprint density at radius 2 is 2.25 bits per heavy atom. The molecule has 1 aromatic heterocycles. The molecular formula is C13H11FN2O4. The van der Waals surface area contributed by atoms with Crippen molar-refractivity contribution in [2.45, 2.75) is 12.5 Å². The van der Waals surface area contributed by atoms with E-state index in [4.69, 9.17) is 9.94 Å². The van der Waals surface area contributed by atoms with Gasteiger partial charge >= 0.3 is 12.0 Å². The van der Waals surface area contributed by atoms with E-state index >= 15 is 0 Å². The van der Waals surface area contributed by atoms with Gasteiger partial charge in [0.2, 0.25) is 0 Å². The van der Waals surface area contributed by atoms with Crippen LogP contribution in [0, 0.1) is 5.82 Å². The first kappa shape index (κ1) is 12.6. The minimum absolute atomic E-state index is 0.294. The fourth-order valence-corrected chi connectivity index (χ4v) is 2.58. The molecule has 0 saturated carbocycles. The first-order valence-electron chi connectivity index (χ1n) is 5.94. The summed E-state index contributed by atoms with van der Waals surface area (Å²) >= 11 is 0. The SMILES string of the molecule is CON1C(=O)n2c(cc3c(F)cccc32)C1CC(=O)O. The minimum Gasteiger partial charge on any atom is -0.481 e. The van der Waals surface area contributed by atoms with Gasteiger partial charge in [-0.1, -0.05) is 6.07 Å². The first-order chi connectivity index (χ1) is 9.54. The Labute approximate surface area is 112 Å². The molecule has 0 fully saturated rings. The van der Waals surface area contributed by atoms with Crippen LogP contribution in [0.15, 0.2) is 24.3 Å². The number of hydrogen-bond donors (Lipinski definition) is 1. The molecule has 7 heteroatoms. The standard InChI is InChI=1S/C13H11FN2O4/c1-20-16-11(6-12(17)18)10-5-7-8(14)3-2-4-9(7)15(10)13(16)19/h2-5,11H,6H2,1H3,(H,17,18). The second kappa shape index (κ2) is 4.31. The average molecular weight is 278 g/mol. The smallest absolute Gasteiger partial charge is 0.353 e. The number of halogens is 1. The van der Waals surface area contributed by atoms with E-state index in [1.54, 1.807) is 6.07 Å². The molecule has 0 saturated heterocycles. The molecule has 2 aromatic rings. The lowest BCUT2D eigenvalue weighted by Crippen LogP contribution is -2.29. The van der Waals surface area contributed by atoms with Gasteiger partial charge in [0, 0.05) is 5.39 Å². The number of hydrogen-bond acceptors (Lipinski definition) is 3. The monoisotopic (exact) mass is 278 g/mol. The maximum Gasteiger partial charge on any atom is 0.353 e. The third-order valence-corrected chi connectivity index (χ3v) is 3.39. The van der Waals surface area contributed by atoms with Gasteiger partial charge in [-0.05, 0) is 18.2 Å². The van der Waals surface area contributed by atoms with Crippen molar-refractivity contribution in [3.8, 4) is 0 Å². The molecule has 1 N–H and O–H groups in total. The molecule has 104 valence electrons. The lowest BCUT2D eigenvalue weighted by atomic mass is 10.1. The molecule has 1 unspecified atom stereocenters. The van der Waals surface area contributed by atoms with Crippen molar-refractivity contribution in [3.63, 3.8) is 0 Å². The molecule has 1 aromatic carbocycles. The van der Waals surface area contributed by atoms with E-state index in [0.717, 1.165) is 5.06 Å². The van der Waals surface area contributed by atoms with Gasteiger partial charge in [0.25, 0.3) is 0 Å². The fraction of sp³-hybridized carbons (Fsp3) is 0.231. The summed E-state index contributed by atoms with van der Waals surface area (Å²) in [5, 5.41) is 10.2. The average Bonchev–Trinajstić information content (AvgIpc) is 2.88. The molecule has 1 aliphatic heterocycles. The molecule has 20 heavy (non-hydrogen) atoms. The second-order valence-electron chi connectivity index (χ2n) is 4.48. The van der Waals surface area contributed by atoms with Gasteiger partial charge in [-0.15, -0.1) is 0 Å². The first-order valence-corrected chi connectivity index (χ1v) is 5.94. The van der Waals surface area contributed by atoms with E-state index in [1.807, 2.05) is 0 Å². The minimum atomic E-state index is -1.07. The zero-order chi connectivity index (χ0) is 14.4. The Bertz CT molecular complexity index is 724. The lowest BCUT2D eigenvalue weighted by Gasteiger charge is -2.19. The van der Waals surface area contributed by atoms with Crippen LogP contribution in [-0.4, -0.2) is 33.8 Å². The van der Waals surface area contributed by atoms with Gasteiger partial charge < -0.3 is 5.11 Å². The third-order valence-electron chi connectivity index (χ3n) is 3.39. The number of carbonyl (C=O) groups excluding carboxylic acids is 1. The van der Waals surface area contributed by atoms with Crippen molar-refractivity contribution in [2.24, 2.45) is 0 Å². The molecule has 1 amide bonds. The highest BCUT2D eigenvalue weighted by Crippen LogP contribution is 2.37. The van der Waals surface area contributed by atoms with Crippen LogP contribution in [-0.2, 0) is 9.63 Å². The normalized spacial score (nSPS) is 17.8. The van der Waals surface area contributed by atoms with E-state index in [0.29, 0.717) is 16.6 Å². The number of aliphatic carboxylic acids is 1. The number of amides is 1. The molecule has 0 bridgehead atoms. The highest BCUT2D eigenvalue weighted by Gasteiger charge is 2.40. The summed E-state index contributed by atoms with van der Waals surface area (Å²) in [4.78, 5) is 28.2.